The second kappa shape index (κ2) is 8.76. The van der Waals surface area contributed by atoms with Gasteiger partial charge in [-0.05, 0) is 36.8 Å². The summed E-state index contributed by atoms with van der Waals surface area (Å²) in [6.45, 7) is 5.26. The largest absolute Gasteiger partial charge is 0.423 e. The number of anilines is 1. The zero-order chi connectivity index (χ0) is 20.2. The molecule has 0 spiro atoms. The first kappa shape index (κ1) is 19.6. The fourth-order valence-electron chi connectivity index (χ4n) is 3.99. The summed E-state index contributed by atoms with van der Waals surface area (Å²) in [5, 5.41) is 8.20. The molecule has 1 aliphatic rings. The minimum atomic E-state index is -0.336. The van der Waals surface area contributed by atoms with Gasteiger partial charge in [0, 0.05) is 47.7 Å². The summed E-state index contributed by atoms with van der Waals surface area (Å²) in [5.41, 5.74) is 3.35. The van der Waals surface area contributed by atoms with E-state index < -0.39 is 0 Å². The van der Waals surface area contributed by atoms with Gasteiger partial charge in [0.05, 0.1) is 13.1 Å². The van der Waals surface area contributed by atoms with E-state index in [1.807, 2.05) is 25.1 Å². The summed E-state index contributed by atoms with van der Waals surface area (Å²) < 4.78 is 5.31. The van der Waals surface area contributed by atoms with Gasteiger partial charge in [0.15, 0.2) is 5.11 Å². The van der Waals surface area contributed by atoms with Crippen LogP contribution in [-0.4, -0.2) is 24.2 Å². The Morgan fingerprint density at radius 3 is 2.66 bits per heavy atom. The van der Waals surface area contributed by atoms with Crippen molar-refractivity contribution >= 4 is 34.0 Å². The minimum absolute atomic E-state index is 0.336. The number of rotatable bonds is 4. The van der Waals surface area contributed by atoms with Gasteiger partial charge in [-0.1, -0.05) is 30.3 Å². The van der Waals surface area contributed by atoms with Crippen LogP contribution < -0.4 is 21.2 Å². The third kappa shape index (κ3) is 5.02. The number of nitrogens with one attached hydrogen (secondary N) is 3. The van der Waals surface area contributed by atoms with Crippen LogP contribution in [0.3, 0.4) is 0 Å². The molecule has 3 N–H and O–H groups in total. The molecule has 0 atom stereocenters. The van der Waals surface area contributed by atoms with E-state index in [0.29, 0.717) is 16.7 Å². The lowest BCUT2D eigenvalue weighted by Gasteiger charge is -2.30. The van der Waals surface area contributed by atoms with E-state index in [1.54, 1.807) is 4.90 Å². The van der Waals surface area contributed by atoms with E-state index >= 15 is 0 Å². The topological polar surface area (TPSA) is 58.7 Å². The van der Waals surface area contributed by atoms with Crippen LogP contribution in [0.2, 0.25) is 0 Å². The van der Waals surface area contributed by atoms with Gasteiger partial charge in [0.1, 0.15) is 12.1 Å². The van der Waals surface area contributed by atoms with Crippen molar-refractivity contribution in [1.29, 1.82) is 0 Å². The molecule has 150 valence electrons. The second-order valence-corrected chi connectivity index (χ2v) is 8.15. The van der Waals surface area contributed by atoms with Crippen LogP contribution >= 0.6 is 12.2 Å². The van der Waals surface area contributed by atoms with E-state index in [0.717, 1.165) is 49.1 Å². The Bertz CT molecular complexity index is 1060. The summed E-state index contributed by atoms with van der Waals surface area (Å²) in [4.78, 5) is 13.2. The van der Waals surface area contributed by atoms with Crippen molar-refractivity contribution in [1.82, 2.24) is 5.32 Å². The molecule has 1 fully saturated rings. The third-order valence-corrected chi connectivity index (χ3v) is 5.75. The van der Waals surface area contributed by atoms with E-state index in [-0.39, 0.29) is 5.63 Å². The number of fused-ring (bicyclic) bond motifs is 1. The van der Waals surface area contributed by atoms with Crippen molar-refractivity contribution in [3.63, 3.8) is 0 Å². The van der Waals surface area contributed by atoms with Gasteiger partial charge in [-0.25, -0.2) is 4.79 Å². The second-order valence-electron chi connectivity index (χ2n) is 7.74. The summed E-state index contributed by atoms with van der Waals surface area (Å²) in [7, 11) is 0. The van der Waals surface area contributed by atoms with Crippen LogP contribution in [-0.2, 0) is 6.54 Å². The van der Waals surface area contributed by atoms with Crippen molar-refractivity contribution < 1.29 is 9.32 Å². The van der Waals surface area contributed by atoms with Gasteiger partial charge in [-0.3, -0.25) is 0 Å². The molecule has 0 aliphatic carbocycles. The Morgan fingerprint density at radius 1 is 1.14 bits per heavy atom. The summed E-state index contributed by atoms with van der Waals surface area (Å²) >= 11 is 5.50. The number of thiocarbonyl (C=S) groups is 1. The normalized spacial score (nSPS) is 19.1. The Hall–Kier alpha value is -2.70. The van der Waals surface area contributed by atoms with Gasteiger partial charge in [-0.2, -0.15) is 0 Å². The first-order valence-corrected chi connectivity index (χ1v) is 10.5. The SMILES string of the molecule is Cc1cc(=O)oc2cc(NC(=S)NC3CC[NH+](Cc4ccccc4)CC3)ccc12. The highest BCUT2D eigenvalue weighted by Crippen LogP contribution is 2.20. The molecule has 0 radical (unpaired) electrons. The van der Waals surface area contributed by atoms with E-state index in [4.69, 9.17) is 16.6 Å². The van der Waals surface area contributed by atoms with E-state index in [2.05, 4.69) is 41.0 Å². The highest BCUT2D eigenvalue weighted by Gasteiger charge is 2.22. The molecule has 2 heterocycles. The lowest BCUT2D eigenvalue weighted by atomic mass is 10.0. The smallest absolute Gasteiger partial charge is 0.336 e. The molecular weight excluding hydrogens is 382 g/mol. The molecule has 2 aromatic carbocycles. The average molecular weight is 409 g/mol. The molecule has 1 saturated heterocycles. The number of quaternary nitrogens is 1. The Kier molecular flexibility index (Phi) is 5.92. The first-order valence-electron chi connectivity index (χ1n) is 10.1. The van der Waals surface area contributed by atoms with Crippen LogP contribution in [0.15, 0.2) is 63.8 Å². The molecule has 0 bridgehead atoms. The Labute approximate surface area is 175 Å². The van der Waals surface area contributed by atoms with E-state index in [1.165, 1.54) is 11.6 Å². The van der Waals surface area contributed by atoms with Gasteiger partial charge in [0.2, 0.25) is 0 Å². The highest BCUT2D eigenvalue weighted by atomic mass is 32.1. The van der Waals surface area contributed by atoms with Crippen molar-refractivity contribution in [2.24, 2.45) is 0 Å². The number of hydrogen-bond acceptors (Lipinski definition) is 3. The van der Waals surface area contributed by atoms with Crippen LogP contribution in [0.4, 0.5) is 5.69 Å². The Balaban J connectivity index is 1.30. The summed E-state index contributed by atoms with van der Waals surface area (Å²) in [5.74, 6) is 0. The van der Waals surface area contributed by atoms with Crippen molar-refractivity contribution in [3.8, 4) is 0 Å². The Morgan fingerprint density at radius 2 is 1.90 bits per heavy atom. The zero-order valence-corrected chi connectivity index (χ0v) is 17.4. The molecule has 0 saturated carbocycles. The lowest BCUT2D eigenvalue weighted by Crippen LogP contribution is -3.12. The van der Waals surface area contributed by atoms with Crippen LogP contribution in [0.5, 0.6) is 0 Å². The lowest BCUT2D eigenvalue weighted by molar-refractivity contribution is -0.918. The predicted molar refractivity (Wildman–Crippen MR) is 120 cm³/mol. The molecule has 0 amide bonds. The zero-order valence-electron chi connectivity index (χ0n) is 16.5. The predicted octanol–water partition coefficient (Wildman–Crippen LogP) is 2.64. The van der Waals surface area contributed by atoms with Crippen molar-refractivity contribution in [3.05, 3.63) is 76.1 Å². The minimum Gasteiger partial charge on any atom is -0.423 e. The third-order valence-electron chi connectivity index (χ3n) is 5.53. The number of hydrogen-bond donors (Lipinski definition) is 3. The highest BCUT2D eigenvalue weighted by molar-refractivity contribution is 7.80. The molecular formula is C23H26N3O2S+. The average Bonchev–Trinajstić information content (AvgIpc) is 2.70. The fourth-order valence-corrected chi connectivity index (χ4v) is 4.27. The van der Waals surface area contributed by atoms with Gasteiger partial charge < -0.3 is 20.0 Å². The van der Waals surface area contributed by atoms with Crippen LogP contribution in [0.1, 0.15) is 24.0 Å². The number of benzene rings is 2. The molecule has 0 unspecified atom stereocenters. The van der Waals surface area contributed by atoms with Gasteiger partial charge in [0.25, 0.3) is 0 Å². The molecule has 5 nitrogen and oxygen atoms in total. The molecule has 4 rings (SSSR count). The quantitative estimate of drug-likeness (QED) is 0.458. The van der Waals surface area contributed by atoms with Crippen LogP contribution in [0.25, 0.3) is 11.0 Å². The first-order chi connectivity index (χ1) is 14.1. The molecule has 1 aliphatic heterocycles. The van der Waals surface area contributed by atoms with Crippen molar-refractivity contribution in [2.45, 2.75) is 32.4 Å². The maximum absolute atomic E-state index is 11.6. The van der Waals surface area contributed by atoms with Gasteiger partial charge >= 0.3 is 5.63 Å². The monoisotopic (exact) mass is 408 g/mol. The standard InChI is InChI=1S/C23H25N3O2S/c1-16-13-22(27)28-21-14-19(7-8-20(16)21)25-23(29)24-18-9-11-26(12-10-18)15-17-5-3-2-4-6-17/h2-8,13-14,18H,9-12,15H2,1H3,(H2,24,25,29)/p+1. The van der Waals surface area contributed by atoms with Crippen LogP contribution in [0, 0.1) is 6.92 Å². The summed E-state index contributed by atoms with van der Waals surface area (Å²) in [6, 6.07) is 18.3. The number of likely N-dealkylation sites (tertiary alicyclic amines) is 1. The maximum atomic E-state index is 11.6. The number of piperidine rings is 1. The molecule has 1 aromatic heterocycles. The maximum Gasteiger partial charge on any atom is 0.336 e. The fraction of sp³-hybridized carbons (Fsp3) is 0.304. The molecule has 3 aromatic rings. The van der Waals surface area contributed by atoms with E-state index in [9.17, 15) is 4.79 Å². The molecule has 6 heteroatoms. The van der Waals surface area contributed by atoms with Gasteiger partial charge in [-0.15, -0.1) is 0 Å². The summed E-state index contributed by atoms with van der Waals surface area (Å²) in [6.07, 6.45) is 2.19. The molecule has 29 heavy (non-hydrogen) atoms. The number of aryl methyl sites for hydroxylation is 1. The van der Waals surface area contributed by atoms with Crippen molar-refractivity contribution in [2.75, 3.05) is 18.4 Å².